The first-order valence-electron chi connectivity index (χ1n) is 12.2. The van der Waals surface area contributed by atoms with Crippen LogP contribution < -0.4 is 5.32 Å². The molecule has 0 aromatic heterocycles. The quantitative estimate of drug-likeness (QED) is 0.480. The van der Waals surface area contributed by atoms with Gasteiger partial charge in [-0.2, -0.15) is 0 Å². The Morgan fingerprint density at radius 3 is 2.32 bits per heavy atom. The Morgan fingerprint density at radius 2 is 1.68 bits per heavy atom. The van der Waals surface area contributed by atoms with Crippen LogP contribution in [0.25, 0.3) is 0 Å². The lowest BCUT2D eigenvalue weighted by Gasteiger charge is -2.41. The first-order valence-corrected chi connectivity index (χ1v) is 12.9. The normalized spacial score (nSPS) is 16.3. The van der Waals surface area contributed by atoms with Crippen molar-refractivity contribution < 1.29 is 14.4 Å². The van der Waals surface area contributed by atoms with E-state index in [0.29, 0.717) is 47.2 Å². The SMILES string of the molecule is Cc1ccc(C(=O)N[C@H](Cc2ccccc2)C(=O)N2CCN(C(=O)c3ccc(Cl)cc3Cl)[C@@H](C)C2)cc1. The van der Waals surface area contributed by atoms with E-state index in [-0.39, 0.29) is 23.8 Å². The zero-order valence-corrected chi connectivity index (χ0v) is 22.3. The molecule has 37 heavy (non-hydrogen) atoms. The average Bonchev–Trinajstić information content (AvgIpc) is 2.88. The predicted molar refractivity (Wildman–Crippen MR) is 146 cm³/mol. The minimum Gasteiger partial charge on any atom is -0.340 e. The maximum absolute atomic E-state index is 13.7. The van der Waals surface area contributed by atoms with E-state index in [0.717, 1.165) is 11.1 Å². The number of hydrogen-bond donors (Lipinski definition) is 1. The number of nitrogens with zero attached hydrogens (tertiary/aromatic N) is 2. The van der Waals surface area contributed by atoms with Crippen molar-refractivity contribution in [1.82, 2.24) is 15.1 Å². The van der Waals surface area contributed by atoms with Crippen LogP contribution in [0.15, 0.2) is 72.8 Å². The van der Waals surface area contributed by atoms with E-state index in [1.807, 2.05) is 56.3 Å². The summed E-state index contributed by atoms with van der Waals surface area (Å²) in [5.74, 6) is -0.670. The average molecular weight is 538 g/mol. The number of aryl methyl sites for hydroxylation is 1. The predicted octanol–water partition coefficient (Wildman–Crippen LogP) is 5.02. The monoisotopic (exact) mass is 537 g/mol. The van der Waals surface area contributed by atoms with Crippen LogP contribution in [0.3, 0.4) is 0 Å². The first-order chi connectivity index (χ1) is 17.7. The molecular formula is C29H29Cl2N3O3. The number of amides is 3. The third kappa shape index (κ3) is 6.51. The van der Waals surface area contributed by atoms with Gasteiger partial charge in [-0.05, 0) is 49.7 Å². The summed E-state index contributed by atoms with van der Waals surface area (Å²) in [5.41, 5.74) is 2.88. The molecule has 6 nitrogen and oxygen atoms in total. The van der Waals surface area contributed by atoms with E-state index in [4.69, 9.17) is 23.2 Å². The van der Waals surface area contributed by atoms with Crippen LogP contribution in [0, 0.1) is 6.92 Å². The molecule has 1 saturated heterocycles. The van der Waals surface area contributed by atoms with E-state index in [1.54, 1.807) is 40.1 Å². The molecule has 192 valence electrons. The largest absolute Gasteiger partial charge is 0.340 e. The Morgan fingerprint density at radius 1 is 0.973 bits per heavy atom. The summed E-state index contributed by atoms with van der Waals surface area (Å²) in [7, 11) is 0. The minimum atomic E-state index is -0.739. The van der Waals surface area contributed by atoms with Gasteiger partial charge in [-0.15, -0.1) is 0 Å². The molecule has 3 amide bonds. The summed E-state index contributed by atoms with van der Waals surface area (Å²) in [5, 5.41) is 3.70. The molecule has 2 atom stereocenters. The lowest BCUT2D eigenvalue weighted by atomic mass is 10.0. The number of carbonyl (C=O) groups is 3. The van der Waals surface area contributed by atoms with Crippen LogP contribution in [0.5, 0.6) is 0 Å². The highest BCUT2D eigenvalue weighted by Crippen LogP contribution is 2.24. The molecule has 0 bridgehead atoms. The van der Waals surface area contributed by atoms with Gasteiger partial charge in [0.05, 0.1) is 10.6 Å². The molecule has 0 saturated carbocycles. The molecular weight excluding hydrogens is 509 g/mol. The van der Waals surface area contributed by atoms with Gasteiger partial charge in [0.15, 0.2) is 0 Å². The standard InChI is InChI=1S/C29H29Cl2N3O3/c1-19-8-10-22(11-9-19)27(35)32-26(16-21-6-4-3-5-7-21)29(37)33-14-15-34(20(2)18-33)28(36)24-13-12-23(30)17-25(24)31/h3-13,17,20,26H,14-16,18H2,1-2H3,(H,32,35)/t20-,26+/m0/s1. The van der Waals surface area contributed by atoms with Gasteiger partial charge in [0.25, 0.3) is 11.8 Å². The Balaban J connectivity index is 1.48. The van der Waals surface area contributed by atoms with Gasteiger partial charge in [-0.25, -0.2) is 0 Å². The van der Waals surface area contributed by atoms with Crippen LogP contribution in [0.2, 0.25) is 10.0 Å². The number of rotatable bonds is 6. The molecule has 3 aromatic carbocycles. The van der Waals surface area contributed by atoms with Crippen molar-refractivity contribution in [2.75, 3.05) is 19.6 Å². The van der Waals surface area contributed by atoms with Gasteiger partial charge in [0, 0.05) is 42.7 Å². The van der Waals surface area contributed by atoms with E-state index in [2.05, 4.69) is 5.32 Å². The van der Waals surface area contributed by atoms with Gasteiger partial charge >= 0.3 is 0 Å². The number of halogens is 2. The number of nitrogens with one attached hydrogen (secondary N) is 1. The second kappa shape index (κ2) is 11.8. The summed E-state index contributed by atoms with van der Waals surface area (Å²) in [6.07, 6.45) is 0.366. The van der Waals surface area contributed by atoms with Gasteiger partial charge in [-0.3, -0.25) is 14.4 Å². The molecule has 1 fully saturated rings. The fraction of sp³-hybridized carbons (Fsp3) is 0.276. The van der Waals surface area contributed by atoms with E-state index in [1.165, 1.54) is 0 Å². The Bertz CT molecular complexity index is 1280. The van der Waals surface area contributed by atoms with E-state index < -0.39 is 6.04 Å². The zero-order valence-electron chi connectivity index (χ0n) is 20.8. The van der Waals surface area contributed by atoms with Crippen molar-refractivity contribution in [3.8, 4) is 0 Å². The van der Waals surface area contributed by atoms with Gasteiger partial charge in [-0.1, -0.05) is 71.2 Å². The minimum absolute atomic E-state index is 0.173. The molecule has 1 N–H and O–H groups in total. The van der Waals surface area contributed by atoms with Crippen molar-refractivity contribution in [3.63, 3.8) is 0 Å². The van der Waals surface area contributed by atoms with Crippen molar-refractivity contribution in [3.05, 3.63) is 105 Å². The molecule has 1 heterocycles. The molecule has 1 aliphatic rings. The van der Waals surface area contributed by atoms with Crippen molar-refractivity contribution in [2.45, 2.75) is 32.4 Å². The fourth-order valence-corrected chi connectivity index (χ4v) is 4.98. The second-order valence-electron chi connectivity index (χ2n) is 9.34. The molecule has 4 rings (SSSR count). The van der Waals surface area contributed by atoms with Crippen molar-refractivity contribution >= 4 is 40.9 Å². The topological polar surface area (TPSA) is 69.7 Å². The summed E-state index contributed by atoms with van der Waals surface area (Å²) >= 11 is 12.2. The number of carbonyl (C=O) groups excluding carboxylic acids is 3. The van der Waals surface area contributed by atoms with Gasteiger partial charge in [0.1, 0.15) is 6.04 Å². The van der Waals surface area contributed by atoms with E-state index in [9.17, 15) is 14.4 Å². The van der Waals surface area contributed by atoms with Crippen LogP contribution in [0.4, 0.5) is 0 Å². The van der Waals surface area contributed by atoms with Crippen LogP contribution in [-0.2, 0) is 11.2 Å². The smallest absolute Gasteiger partial charge is 0.255 e. The molecule has 0 unspecified atom stereocenters. The number of hydrogen-bond acceptors (Lipinski definition) is 3. The highest BCUT2D eigenvalue weighted by Gasteiger charge is 2.34. The molecule has 0 aliphatic carbocycles. The maximum atomic E-state index is 13.7. The van der Waals surface area contributed by atoms with Crippen LogP contribution >= 0.6 is 23.2 Å². The van der Waals surface area contributed by atoms with Crippen molar-refractivity contribution in [1.29, 1.82) is 0 Å². The second-order valence-corrected chi connectivity index (χ2v) is 10.2. The first kappa shape index (κ1) is 26.7. The fourth-order valence-electron chi connectivity index (χ4n) is 4.49. The highest BCUT2D eigenvalue weighted by atomic mass is 35.5. The maximum Gasteiger partial charge on any atom is 0.255 e. The zero-order chi connectivity index (χ0) is 26.5. The van der Waals surface area contributed by atoms with Crippen molar-refractivity contribution in [2.24, 2.45) is 0 Å². The lowest BCUT2D eigenvalue weighted by molar-refractivity contribution is -0.135. The number of benzene rings is 3. The van der Waals surface area contributed by atoms with Gasteiger partial charge < -0.3 is 15.1 Å². The van der Waals surface area contributed by atoms with E-state index >= 15 is 0 Å². The lowest BCUT2D eigenvalue weighted by Crippen LogP contribution is -2.59. The highest BCUT2D eigenvalue weighted by molar-refractivity contribution is 6.36. The van der Waals surface area contributed by atoms with Gasteiger partial charge in [0.2, 0.25) is 5.91 Å². The molecule has 1 aliphatic heterocycles. The third-order valence-electron chi connectivity index (χ3n) is 6.56. The summed E-state index contributed by atoms with van der Waals surface area (Å²) in [4.78, 5) is 43.3. The van der Waals surface area contributed by atoms with Crippen LogP contribution in [0.1, 0.15) is 38.8 Å². The third-order valence-corrected chi connectivity index (χ3v) is 7.11. The Kier molecular flexibility index (Phi) is 8.52. The Labute approximate surface area is 227 Å². The molecule has 3 aromatic rings. The van der Waals surface area contributed by atoms with Crippen LogP contribution in [-0.4, -0.2) is 59.2 Å². The molecule has 0 radical (unpaired) electrons. The summed E-state index contributed by atoms with van der Waals surface area (Å²) in [6, 6.07) is 20.7. The summed E-state index contributed by atoms with van der Waals surface area (Å²) < 4.78 is 0. The Hall–Kier alpha value is -3.35. The summed E-state index contributed by atoms with van der Waals surface area (Å²) in [6.45, 7) is 4.91. The molecule has 8 heteroatoms. The number of piperazine rings is 1. The molecule has 0 spiro atoms.